The van der Waals surface area contributed by atoms with E-state index in [1.165, 1.54) is 0 Å². The first-order valence-corrected chi connectivity index (χ1v) is 6.72. The van der Waals surface area contributed by atoms with Gasteiger partial charge in [0.05, 0.1) is 25.9 Å². The molecule has 0 saturated carbocycles. The van der Waals surface area contributed by atoms with E-state index in [0.29, 0.717) is 22.9 Å². The molecule has 0 fully saturated rings. The van der Waals surface area contributed by atoms with E-state index in [2.05, 4.69) is 15.0 Å². The molecular formula is C14H16ClN3O3. The normalized spacial score (nSPS) is 10.6. The molecule has 1 heterocycles. The van der Waals surface area contributed by atoms with Crippen molar-refractivity contribution in [3.63, 3.8) is 0 Å². The maximum absolute atomic E-state index is 5.93. The van der Waals surface area contributed by atoms with Gasteiger partial charge in [-0.05, 0) is 37.6 Å². The van der Waals surface area contributed by atoms with Gasteiger partial charge in [-0.1, -0.05) is 0 Å². The monoisotopic (exact) mass is 309 g/mol. The van der Waals surface area contributed by atoms with Gasteiger partial charge in [0, 0.05) is 6.07 Å². The number of ether oxygens (including phenoxy) is 3. The molecule has 1 aromatic heterocycles. The van der Waals surface area contributed by atoms with Crippen LogP contribution in [0.5, 0.6) is 17.5 Å². The summed E-state index contributed by atoms with van der Waals surface area (Å²) in [6, 6.07) is 5.51. The molecule has 0 aliphatic carbocycles. The van der Waals surface area contributed by atoms with E-state index in [0.717, 1.165) is 0 Å². The van der Waals surface area contributed by atoms with E-state index < -0.39 is 0 Å². The fourth-order valence-electron chi connectivity index (χ4n) is 1.70. The van der Waals surface area contributed by atoms with Crippen molar-refractivity contribution in [1.82, 2.24) is 15.0 Å². The third-order valence-corrected chi connectivity index (χ3v) is 2.75. The van der Waals surface area contributed by atoms with E-state index >= 15 is 0 Å². The SMILES string of the molecule is COc1ccc(-c2nc(Cl)nc(OC(C)C)n2)c(OC)c1. The summed E-state index contributed by atoms with van der Waals surface area (Å²) in [6.07, 6.45) is -0.0610. The molecule has 7 heteroatoms. The van der Waals surface area contributed by atoms with Crippen LogP contribution in [0.4, 0.5) is 0 Å². The van der Waals surface area contributed by atoms with Crippen molar-refractivity contribution in [3.05, 3.63) is 23.5 Å². The molecule has 0 atom stereocenters. The second-order valence-electron chi connectivity index (χ2n) is 4.44. The lowest BCUT2D eigenvalue weighted by atomic mass is 10.2. The Labute approximate surface area is 128 Å². The molecule has 0 radical (unpaired) electrons. The molecule has 21 heavy (non-hydrogen) atoms. The van der Waals surface area contributed by atoms with Gasteiger partial charge in [-0.15, -0.1) is 0 Å². The Bertz CT molecular complexity index is 635. The minimum absolute atomic E-state index is 0.0610. The first kappa shape index (κ1) is 15.3. The van der Waals surface area contributed by atoms with Gasteiger partial charge in [0.2, 0.25) is 5.28 Å². The fourth-order valence-corrected chi connectivity index (χ4v) is 1.85. The molecule has 0 unspecified atom stereocenters. The van der Waals surface area contributed by atoms with Crippen LogP contribution in [0.2, 0.25) is 5.28 Å². The van der Waals surface area contributed by atoms with E-state index in [9.17, 15) is 0 Å². The van der Waals surface area contributed by atoms with E-state index in [-0.39, 0.29) is 17.4 Å². The van der Waals surface area contributed by atoms with Crippen molar-refractivity contribution in [2.45, 2.75) is 20.0 Å². The van der Waals surface area contributed by atoms with Gasteiger partial charge in [0.25, 0.3) is 0 Å². The van der Waals surface area contributed by atoms with Gasteiger partial charge in [-0.25, -0.2) is 0 Å². The maximum atomic E-state index is 5.93. The van der Waals surface area contributed by atoms with Gasteiger partial charge >= 0.3 is 6.01 Å². The molecule has 6 nitrogen and oxygen atoms in total. The summed E-state index contributed by atoms with van der Waals surface area (Å²) in [6.45, 7) is 3.76. The summed E-state index contributed by atoms with van der Waals surface area (Å²) < 4.78 is 16.0. The molecule has 1 aromatic carbocycles. The van der Waals surface area contributed by atoms with Gasteiger partial charge in [-0.3, -0.25) is 0 Å². The highest BCUT2D eigenvalue weighted by Gasteiger charge is 2.14. The van der Waals surface area contributed by atoms with Crippen LogP contribution in [-0.4, -0.2) is 35.3 Å². The van der Waals surface area contributed by atoms with E-state index in [1.807, 2.05) is 13.8 Å². The lowest BCUT2D eigenvalue weighted by Gasteiger charge is -2.11. The third-order valence-electron chi connectivity index (χ3n) is 2.58. The number of hydrogen-bond acceptors (Lipinski definition) is 6. The van der Waals surface area contributed by atoms with Crippen LogP contribution < -0.4 is 14.2 Å². The van der Waals surface area contributed by atoms with Crippen LogP contribution in [0, 0.1) is 0 Å². The predicted octanol–water partition coefficient (Wildman–Crippen LogP) is 3.00. The standard InChI is InChI=1S/C14H16ClN3O3/c1-8(2)21-14-17-12(16-13(15)18-14)10-6-5-9(19-3)7-11(10)20-4/h5-8H,1-4H3. The Balaban J connectivity index is 2.48. The van der Waals surface area contributed by atoms with Crippen molar-refractivity contribution in [3.8, 4) is 28.9 Å². The zero-order chi connectivity index (χ0) is 15.4. The molecule has 0 spiro atoms. The Morgan fingerprint density at radius 2 is 1.81 bits per heavy atom. The zero-order valence-corrected chi connectivity index (χ0v) is 13.0. The van der Waals surface area contributed by atoms with Crippen molar-refractivity contribution in [2.24, 2.45) is 0 Å². The molecule has 0 bridgehead atoms. The lowest BCUT2D eigenvalue weighted by molar-refractivity contribution is 0.222. The molecule has 0 N–H and O–H groups in total. The van der Waals surface area contributed by atoms with Crippen molar-refractivity contribution in [1.29, 1.82) is 0 Å². The second-order valence-corrected chi connectivity index (χ2v) is 4.78. The third kappa shape index (κ3) is 3.72. The summed E-state index contributed by atoms with van der Waals surface area (Å²) in [5.41, 5.74) is 0.677. The number of nitrogens with zero attached hydrogens (tertiary/aromatic N) is 3. The Hall–Kier alpha value is -2.08. The minimum Gasteiger partial charge on any atom is -0.497 e. The number of rotatable bonds is 5. The Kier molecular flexibility index (Phi) is 4.80. The molecular weight excluding hydrogens is 294 g/mol. The van der Waals surface area contributed by atoms with Crippen molar-refractivity contribution >= 4 is 11.6 Å². The quantitative estimate of drug-likeness (QED) is 0.846. The van der Waals surface area contributed by atoms with E-state index in [1.54, 1.807) is 32.4 Å². The van der Waals surface area contributed by atoms with Crippen LogP contribution in [0.1, 0.15) is 13.8 Å². The molecule has 2 rings (SSSR count). The van der Waals surface area contributed by atoms with E-state index in [4.69, 9.17) is 25.8 Å². The van der Waals surface area contributed by atoms with Crippen molar-refractivity contribution < 1.29 is 14.2 Å². The average Bonchev–Trinajstić information content (AvgIpc) is 2.45. The number of aromatic nitrogens is 3. The average molecular weight is 310 g/mol. The van der Waals surface area contributed by atoms with Crippen LogP contribution in [-0.2, 0) is 0 Å². The number of hydrogen-bond donors (Lipinski definition) is 0. The summed E-state index contributed by atoms with van der Waals surface area (Å²) in [4.78, 5) is 12.3. The largest absolute Gasteiger partial charge is 0.497 e. The van der Waals surface area contributed by atoms with Crippen LogP contribution >= 0.6 is 11.6 Å². The molecule has 0 aliphatic heterocycles. The summed E-state index contributed by atoms with van der Waals surface area (Å²) >= 11 is 5.93. The fraction of sp³-hybridized carbons (Fsp3) is 0.357. The number of methoxy groups -OCH3 is 2. The first-order valence-electron chi connectivity index (χ1n) is 6.34. The Morgan fingerprint density at radius 1 is 1.05 bits per heavy atom. The first-order chi connectivity index (χ1) is 10.0. The number of halogens is 1. The van der Waals surface area contributed by atoms with Crippen LogP contribution in [0.25, 0.3) is 11.4 Å². The zero-order valence-electron chi connectivity index (χ0n) is 12.3. The highest BCUT2D eigenvalue weighted by molar-refractivity contribution is 6.28. The van der Waals surface area contributed by atoms with Crippen molar-refractivity contribution in [2.75, 3.05) is 14.2 Å². The highest BCUT2D eigenvalue weighted by atomic mass is 35.5. The maximum Gasteiger partial charge on any atom is 0.321 e. The summed E-state index contributed by atoms with van der Waals surface area (Å²) in [7, 11) is 3.15. The van der Waals surface area contributed by atoms with Gasteiger partial charge in [0.1, 0.15) is 11.5 Å². The molecule has 0 amide bonds. The highest BCUT2D eigenvalue weighted by Crippen LogP contribution is 2.32. The van der Waals surface area contributed by atoms with Gasteiger partial charge in [-0.2, -0.15) is 15.0 Å². The minimum atomic E-state index is -0.0610. The molecule has 2 aromatic rings. The second kappa shape index (κ2) is 6.58. The molecule has 0 saturated heterocycles. The van der Waals surface area contributed by atoms with Gasteiger partial charge < -0.3 is 14.2 Å². The summed E-state index contributed by atoms with van der Waals surface area (Å²) in [5, 5.41) is 0.0634. The molecule has 0 aliphatic rings. The number of benzene rings is 1. The predicted molar refractivity (Wildman–Crippen MR) is 79.1 cm³/mol. The van der Waals surface area contributed by atoms with Crippen LogP contribution in [0.15, 0.2) is 18.2 Å². The Morgan fingerprint density at radius 3 is 2.43 bits per heavy atom. The van der Waals surface area contributed by atoms with Gasteiger partial charge in [0.15, 0.2) is 5.82 Å². The lowest BCUT2D eigenvalue weighted by Crippen LogP contribution is -2.09. The topological polar surface area (TPSA) is 66.4 Å². The van der Waals surface area contributed by atoms with Crippen LogP contribution in [0.3, 0.4) is 0 Å². The molecule has 112 valence electrons. The smallest absolute Gasteiger partial charge is 0.321 e. The summed E-state index contributed by atoms with van der Waals surface area (Å²) in [5.74, 6) is 1.63.